The Labute approximate surface area is 151 Å². The Morgan fingerprint density at radius 1 is 1.12 bits per heavy atom. The Hall–Kier alpha value is -1.71. The molecule has 0 spiro atoms. The second-order valence-corrected chi connectivity index (χ2v) is 7.84. The monoisotopic (exact) mass is 345 g/mol. The lowest BCUT2D eigenvalue weighted by Gasteiger charge is -2.29. The molecule has 4 nitrogen and oxygen atoms in total. The fourth-order valence-corrected chi connectivity index (χ4v) is 3.99. The number of methoxy groups -OCH3 is 1. The summed E-state index contributed by atoms with van der Waals surface area (Å²) in [6.07, 6.45) is 12.2. The maximum atomic E-state index is 12.3. The molecule has 1 aromatic carbocycles. The second kappa shape index (κ2) is 8.59. The summed E-state index contributed by atoms with van der Waals surface area (Å²) >= 11 is 0. The van der Waals surface area contributed by atoms with Gasteiger partial charge in [0.2, 0.25) is 5.91 Å². The third-order valence-corrected chi connectivity index (χ3v) is 5.74. The van der Waals surface area contributed by atoms with Crippen LogP contribution in [0, 0.1) is 11.8 Å². The average Bonchev–Trinajstić information content (AvgIpc) is 3.42. The maximum absolute atomic E-state index is 12.3. The first-order valence-electron chi connectivity index (χ1n) is 9.79. The molecule has 2 fully saturated rings. The zero-order valence-corrected chi connectivity index (χ0v) is 15.3. The zero-order valence-electron chi connectivity index (χ0n) is 15.3. The van der Waals surface area contributed by atoms with Crippen molar-refractivity contribution in [1.82, 2.24) is 5.32 Å². The van der Waals surface area contributed by atoms with Crippen molar-refractivity contribution in [3.8, 4) is 11.5 Å². The van der Waals surface area contributed by atoms with Gasteiger partial charge >= 0.3 is 0 Å². The number of carbonyl (C=O) groups is 1. The van der Waals surface area contributed by atoms with Crippen LogP contribution in [0.5, 0.6) is 11.5 Å². The van der Waals surface area contributed by atoms with E-state index in [1.54, 1.807) is 18.2 Å². The summed E-state index contributed by atoms with van der Waals surface area (Å²) in [5, 5.41) is 12.8. The maximum Gasteiger partial charge on any atom is 0.224 e. The summed E-state index contributed by atoms with van der Waals surface area (Å²) in [7, 11) is 1.52. The minimum absolute atomic E-state index is 0.0601. The van der Waals surface area contributed by atoms with Gasteiger partial charge in [0.1, 0.15) is 0 Å². The van der Waals surface area contributed by atoms with Crippen LogP contribution in [0.1, 0.15) is 63.4 Å². The van der Waals surface area contributed by atoms with Crippen LogP contribution >= 0.6 is 0 Å². The number of benzene rings is 1. The largest absolute Gasteiger partial charge is 0.504 e. The summed E-state index contributed by atoms with van der Waals surface area (Å²) in [4.78, 5) is 12.3. The molecule has 0 aliphatic heterocycles. The van der Waals surface area contributed by atoms with Crippen molar-refractivity contribution in [3.05, 3.63) is 23.8 Å². The summed E-state index contributed by atoms with van der Waals surface area (Å²) in [5.74, 6) is 2.50. The molecule has 0 unspecified atom stereocenters. The molecule has 138 valence electrons. The number of phenols is 1. The van der Waals surface area contributed by atoms with Gasteiger partial charge in [0.05, 0.1) is 13.5 Å². The lowest BCUT2D eigenvalue weighted by molar-refractivity contribution is -0.121. The molecule has 2 saturated carbocycles. The molecule has 25 heavy (non-hydrogen) atoms. The normalized spacial score (nSPS) is 23.2. The van der Waals surface area contributed by atoms with Crippen LogP contribution in [0.3, 0.4) is 0 Å². The molecule has 2 aliphatic rings. The summed E-state index contributed by atoms with van der Waals surface area (Å²) in [6.45, 7) is 0. The van der Waals surface area contributed by atoms with E-state index in [4.69, 9.17) is 4.74 Å². The number of hydrogen-bond donors (Lipinski definition) is 2. The number of nitrogens with one attached hydrogen (secondary N) is 1. The van der Waals surface area contributed by atoms with Gasteiger partial charge in [0, 0.05) is 6.04 Å². The van der Waals surface area contributed by atoms with E-state index in [1.165, 1.54) is 52.1 Å². The van der Waals surface area contributed by atoms with E-state index < -0.39 is 0 Å². The third-order valence-electron chi connectivity index (χ3n) is 5.74. The van der Waals surface area contributed by atoms with Gasteiger partial charge in [0.25, 0.3) is 0 Å². The van der Waals surface area contributed by atoms with Gasteiger partial charge in [-0.1, -0.05) is 38.2 Å². The highest BCUT2D eigenvalue weighted by Crippen LogP contribution is 2.36. The quantitative estimate of drug-likeness (QED) is 0.742. The van der Waals surface area contributed by atoms with E-state index in [1.807, 2.05) is 0 Å². The van der Waals surface area contributed by atoms with Crippen molar-refractivity contribution in [2.45, 2.75) is 70.3 Å². The summed E-state index contributed by atoms with van der Waals surface area (Å²) in [5.41, 5.74) is 0.862. The Kier molecular flexibility index (Phi) is 6.22. The van der Waals surface area contributed by atoms with Crippen LogP contribution in [0.15, 0.2) is 18.2 Å². The Morgan fingerprint density at radius 2 is 1.76 bits per heavy atom. The molecule has 4 heteroatoms. The van der Waals surface area contributed by atoms with Crippen molar-refractivity contribution in [2.75, 3.05) is 7.11 Å². The zero-order chi connectivity index (χ0) is 17.6. The van der Waals surface area contributed by atoms with Gasteiger partial charge in [-0.2, -0.15) is 0 Å². The van der Waals surface area contributed by atoms with Crippen molar-refractivity contribution in [2.24, 2.45) is 11.8 Å². The predicted molar refractivity (Wildman–Crippen MR) is 98.8 cm³/mol. The van der Waals surface area contributed by atoms with Crippen molar-refractivity contribution < 1.29 is 14.6 Å². The van der Waals surface area contributed by atoms with Crippen LogP contribution in [0.25, 0.3) is 0 Å². The van der Waals surface area contributed by atoms with E-state index in [-0.39, 0.29) is 11.7 Å². The van der Waals surface area contributed by atoms with Crippen LogP contribution < -0.4 is 10.1 Å². The number of ether oxygens (including phenoxy) is 1. The number of phenolic OH excluding ortho intramolecular Hbond substituents is 1. The SMILES string of the molecule is COc1cc(CC(=O)N[C@H]2CC[C@@H](CCCC3CC3)CC2)ccc1O. The number of aromatic hydroxyl groups is 1. The van der Waals surface area contributed by atoms with E-state index in [0.29, 0.717) is 18.2 Å². The van der Waals surface area contributed by atoms with Crippen LogP contribution in [0.4, 0.5) is 0 Å². The molecule has 0 atom stereocenters. The fourth-order valence-electron chi connectivity index (χ4n) is 3.99. The van der Waals surface area contributed by atoms with Gasteiger partial charge in [0.15, 0.2) is 11.5 Å². The number of carbonyl (C=O) groups excluding carboxylic acids is 1. The van der Waals surface area contributed by atoms with Gasteiger partial charge < -0.3 is 15.2 Å². The fraction of sp³-hybridized carbons (Fsp3) is 0.667. The topological polar surface area (TPSA) is 58.6 Å². The predicted octanol–water partition coefficient (Wildman–Crippen LogP) is 4.20. The number of amides is 1. The molecule has 1 aromatic rings. The Morgan fingerprint density at radius 3 is 2.36 bits per heavy atom. The highest BCUT2D eigenvalue weighted by atomic mass is 16.5. The lowest BCUT2D eigenvalue weighted by Crippen LogP contribution is -2.38. The molecule has 3 rings (SSSR count). The van der Waals surface area contributed by atoms with Gasteiger partial charge in [-0.25, -0.2) is 0 Å². The highest BCUT2D eigenvalue weighted by Gasteiger charge is 2.24. The lowest BCUT2D eigenvalue weighted by atomic mass is 9.83. The molecule has 0 heterocycles. The van der Waals surface area contributed by atoms with Crippen LogP contribution in [-0.4, -0.2) is 24.2 Å². The van der Waals surface area contributed by atoms with E-state index >= 15 is 0 Å². The van der Waals surface area contributed by atoms with Gasteiger partial charge in [-0.3, -0.25) is 4.79 Å². The molecule has 2 aliphatic carbocycles. The molecular weight excluding hydrogens is 314 g/mol. The first-order valence-corrected chi connectivity index (χ1v) is 9.79. The van der Waals surface area contributed by atoms with Crippen LogP contribution in [-0.2, 0) is 11.2 Å². The Balaban J connectivity index is 1.37. The smallest absolute Gasteiger partial charge is 0.224 e. The first kappa shape index (κ1) is 18.1. The highest BCUT2D eigenvalue weighted by molar-refractivity contribution is 5.79. The third kappa shape index (κ3) is 5.65. The summed E-state index contributed by atoms with van der Waals surface area (Å²) in [6, 6.07) is 5.40. The molecule has 0 saturated heterocycles. The standard InChI is InChI=1S/C21H31NO3/c1-25-20-13-17(9-12-19(20)23)14-21(24)22-18-10-7-16(8-11-18)4-2-3-15-5-6-15/h9,12-13,15-16,18,23H,2-8,10-11,14H2,1H3,(H,22,24)/t16-,18+. The summed E-state index contributed by atoms with van der Waals surface area (Å²) < 4.78 is 5.10. The molecular formula is C21H31NO3. The van der Waals surface area contributed by atoms with Crippen molar-refractivity contribution in [1.29, 1.82) is 0 Å². The second-order valence-electron chi connectivity index (χ2n) is 7.84. The van der Waals surface area contributed by atoms with Crippen LogP contribution in [0.2, 0.25) is 0 Å². The Bertz CT molecular complexity index is 575. The molecule has 0 radical (unpaired) electrons. The molecule has 0 bridgehead atoms. The molecule has 2 N–H and O–H groups in total. The molecule has 0 aromatic heterocycles. The van der Waals surface area contributed by atoms with E-state index in [9.17, 15) is 9.90 Å². The van der Waals surface area contributed by atoms with E-state index in [2.05, 4.69) is 5.32 Å². The minimum atomic E-state index is 0.0601. The van der Waals surface area contributed by atoms with Gasteiger partial charge in [-0.15, -0.1) is 0 Å². The number of hydrogen-bond acceptors (Lipinski definition) is 3. The minimum Gasteiger partial charge on any atom is -0.504 e. The first-order chi connectivity index (χ1) is 12.1. The molecule has 1 amide bonds. The number of rotatable bonds is 8. The van der Waals surface area contributed by atoms with E-state index in [0.717, 1.165) is 30.2 Å². The van der Waals surface area contributed by atoms with Crippen molar-refractivity contribution >= 4 is 5.91 Å². The average molecular weight is 345 g/mol. The van der Waals surface area contributed by atoms with Gasteiger partial charge in [-0.05, 0) is 55.2 Å². The van der Waals surface area contributed by atoms with Crippen molar-refractivity contribution in [3.63, 3.8) is 0 Å².